The van der Waals surface area contributed by atoms with E-state index in [0.29, 0.717) is 17.3 Å². The molecular formula is C27H24ClF2N5O2. The highest BCUT2D eigenvalue weighted by molar-refractivity contribution is 6.31. The summed E-state index contributed by atoms with van der Waals surface area (Å²) in [5, 5.41) is 17.6. The topological polar surface area (TPSA) is 79.2 Å². The van der Waals surface area contributed by atoms with Crippen LogP contribution in [0.2, 0.25) is 5.02 Å². The number of rotatable bonds is 9. The van der Waals surface area contributed by atoms with Crippen LogP contribution in [-0.4, -0.2) is 38.5 Å². The van der Waals surface area contributed by atoms with Gasteiger partial charge in [0.2, 0.25) is 0 Å². The number of hydrogen-bond donors (Lipinski definition) is 2. The summed E-state index contributed by atoms with van der Waals surface area (Å²) in [5.74, 6) is -0.909. The number of aromatic nitrogens is 4. The highest BCUT2D eigenvalue weighted by atomic mass is 35.5. The molecule has 1 unspecified atom stereocenters. The van der Waals surface area contributed by atoms with E-state index in [1.807, 2.05) is 47.5 Å². The molecular weight excluding hydrogens is 500 g/mol. The van der Waals surface area contributed by atoms with Crippen LogP contribution in [0.4, 0.5) is 14.5 Å². The summed E-state index contributed by atoms with van der Waals surface area (Å²) in [7, 11) is 1.58. The molecule has 0 aliphatic heterocycles. The lowest BCUT2D eigenvalue weighted by Gasteiger charge is -2.36. The Hall–Kier alpha value is -3.95. The van der Waals surface area contributed by atoms with Gasteiger partial charge in [0.15, 0.2) is 0 Å². The third kappa shape index (κ3) is 5.28. The maximum absolute atomic E-state index is 15.1. The van der Waals surface area contributed by atoms with Gasteiger partial charge in [0.1, 0.15) is 35.6 Å². The monoisotopic (exact) mass is 523 g/mol. The first kappa shape index (κ1) is 24.7. The lowest BCUT2D eigenvalue weighted by atomic mass is 9.91. The molecule has 10 heteroatoms. The second-order valence-corrected chi connectivity index (χ2v) is 9.24. The van der Waals surface area contributed by atoms with Crippen molar-refractivity contribution in [2.24, 2.45) is 0 Å². The van der Waals surface area contributed by atoms with Gasteiger partial charge < -0.3 is 19.7 Å². The molecule has 0 aliphatic carbocycles. The standard InChI is InChI=1S/C27H24ClF2N5O2/c1-37-22-6-4-21(5-7-22)34(13-18-12-32-26-9-2-19(28)10-23(18)26)14-27(36,15-35-17-31-16-33-35)24-8-3-20(29)11-25(24)30/h2-12,16-17,32,36H,13-15H2,1H3. The molecule has 0 saturated heterocycles. The second kappa shape index (κ2) is 10.2. The van der Waals surface area contributed by atoms with Crippen LogP contribution in [0.25, 0.3) is 10.9 Å². The maximum Gasteiger partial charge on any atom is 0.137 e. The number of hydrogen-bond acceptors (Lipinski definition) is 5. The van der Waals surface area contributed by atoms with Gasteiger partial charge in [0, 0.05) is 46.0 Å². The number of methoxy groups -OCH3 is 1. The number of nitrogens with zero attached hydrogens (tertiary/aromatic N) is 4. The molecule has 0 radical (unpaired) electrons. The number of nitrogens with one attached hydrogen (secondary N) is 1. The zero-order chi connectivity index (χ0) is 26.0. The second-order valence-electron chi connectivity index (χ2n) is 8.81. The van der Waals surface area contributed by atoms with Crippen LogP contribution in [0.15, 0.2) is 79.5 Å². The highest BCUT2D eigenvalue weighted by Gasteiger charge is 2.36. The fourth-order valence-corrected chi connectivity index (χ4v) is 4.68. The van der Waals surface area contributed by atoms with Gasteiger partial charge in [-0.3, -0.25) is 0 Å². The van der Waals surface area contributed by atoms with E-state index < -0.39 is 17.2 Å². The lowest BCUT2D eigenvalue weighted by molar-refractivity contribution is 0.0182. The van der Waals surface area contributed by atoms with Crippen LogP contribution in [0.5, 0.6) is 5.75 Å². The fraction of sp³-hybridized carbons (Fsp3) is 0.185. The summed E-state index contributed by atoms with van der Waals surface area (Å²) in [6.45, 7) is 0.200. The molecule has 0 bridgehead atoms. The van der Waals surface area contributed by atoms with E-state index in [9.17, 15) is 9.50 Å². The van der Waals surface area contributed by atoms with Crippen LogP contribution >= 0.6 is 11.6 Å². The quantitative estimate of drug-likeness (QED) is 0.274. The summed E-state index contributed by atoms with van der Waals surface area (Å²) in [5.41, 5.74) is 0.754. The van der Waals surface area contributed by atoms with E-state index in [0.717, 1.165) is 34.3 Å². The Morgan fingerprint density at radius 2 is 1.92 bits per heavy atom. The first-order chi connectivity index (χ1) is 17.8. The molecule has 5 aromatic rings. The Morgan fingerprint density at radius 1 is 1.11 bits per heavy atom. The first-order valence-corrected chi connectivity index (χ1v) is 11.9. The van der Waals surface area contributed by atoms with Gasteiger partial charge in [0.05, 0.1) is 20.2 Å². The zero-order valence-electron chi connectivity index (χ0n) is 19.9. The van der Waals surface area contributed by atoms with Crippen LogP contribution in [-0.2, 0) is 18.7 Å². The third-order valence-electron chi connectivity index (χ3n) is 6.30. The molecule has 0 aliphatic rings. The van der Waals surface area contributed by atoms with E-state index >= 15 is 4.39 Å². The van der Waals surface area contributed by atoms with Gasteiger partial charge in [-0.25, -0.2) is 18.4 Å². The molecule has 7 nitrogen and oxygen atoms in total. The smallest absolute Gasteiger partial charge is 0.137 e. The van der Waals surface area contributed by atoms with Crippen molar-refractivity contribution in [3.05, 3.63) is 107 Å². The highest BCUT2D eigenvalue weighted by Crippen LogP contribution is 2.32. The molecule has 3 aromatic carbocycles. The van der Waals surface area contributed by atoms with E-state index in [-0.39, 0.29) is 18.7 Å². The summed E-state index contributed by atoms with van der Waals surface area (Å²) >= 11 is 6.26. The Bertz CT molecular complexity index is 1510. The van der Waals surface area contributed by atoms with Crippen LogP contribution in [0.3, 0.4) is 0 Å². The van der Waals surface area contributed by atoms with Crippen molar-refractivity contribution in [2.75, 3.05) is 18.6 Å². The van der Waals surface area contributed by atoms with Crippen molar-refractivity contribution in [1.29, 1.82) is 0 Å². The van der Waals surface area contributed by atoms with Crippen molar-refractivity contribution in [1.82, 2.24) is 19.7 Å². The van der Waals surface area contributed by atoms with Crippen molar-refractivity contribution in [3.8, 4) is 5.75 Å². The number of fused-ring (bicyclic) bond motifs is 1. The van der Waals surface area contributed by atoms with E-state index in [1.54, 1.807) is 13.2 Å². The van der Waals surface area contributed by atoms with E-state index in [2.05, 4.69) is 15.1 Å². The maximum atomic E-state index is 15.1. The number of ether oxygens (including phenoxy) is 1. The van der Waals surface area contributed by atoms with Crippen molar-refractivity contribution < 1.29 is 18.6 Å². The molecule has 37 heavy (non-hydrogen) atoms. The number of anilines is 1. The predicted molar refractivity (Wildman–Crippen MR) is 138 cm³/mol. The molecule has 0 amide bonds. The van der Waals surface area contributed by atoms with Crippen LogP contribution in [0, 0.1) is 11.6 Å². The van der Waals surface area contributed by atoms with Gasteiger partial charge in [-0.1, -0.05) is 17.7 Å². The Morgan fingerprint density at radius 3 is 2.62 bits per heavy atom. The van der Waals surface area contributed by atoms with E-state index in [4.69, 9.17) is 16.3 Å². The van der Waals surface area contributed by atoms with Crippen molar-refractivity contribution >= 4 is 28.2 Å². The minimum atomic E-state index is -1.80. The number of aromatic amines is 1. The zero-order valence-corrected chi connectivity index (χ0v) is 20.7. The molecule has 5 rings (SSSR count). The minimum absolute atomic E-state index is 0.0466. The lowest BCUT2D eigenvalue weighted by Crippen LogP contribution is -2.44. The normalized spacial score (nSPS) is 13.0. The largest absolute Gasteiger partial charge is 0.497 e. The number of H-pyrrole nitrogens is 1. The van der Waals surface area contributed by atoms with E-state index in [1.165, 1.54) is 23.4 Å². The average molecular weight is 524 g/mol. The minimum Gasteiger partial charge on any atom is -0.497 e. The van der Waals surface area contributed by atoms with Gasteiger partial charge in [-0.2, -0.15) is 5.10 Å². The van der Waals surface area contributed by atoms with Gasteiger partial charge >= 0.3 is 0 Å². The molecule has 2 N–H and O–H groups in total. The predicted octanol–water partition coefficient (Wildman–Crippen LogP) is 5.29. The SMILES string of the molecule is COc1ccc(N(Cc2c[nH]c3ccc(Cl)cc23)CC(O)(Cn2cncn2)c2ccc(F)cc2F)cc1. The molecule has 0 saturated carbocycles. The molecule has 0 spiro atoms. The summed E-state index contributed by atoms with van der Waals surface area (Å²) in [6.07, 6.45) is 4.65. The summed E-state index contributed by atoms with van der Waals surface area (Å²) < 4.78 is 35.5. The first-order valence-electron chi connectivity index (χ1n) is 11.5. The van der Waals surface area contributed by atoms with Gasteiger partial charge in [0.25, 0.3) is 0 Å². The molecule has 2 heterocycles. The van der Waals surface area contributed by atoms with Gasteiger partial charge in [-0.05, 0) is 54.1 Å². The number of benzene rings is 3. The van der Waals surface area contributed by atoms with Crippen LogP contribution < -0.4 is 9.64 Å². The number of halogens is 3. The molecule has 0 fully saturated rings. The van der Waals surface area contributed by atoms with Crippen LogP contribution in [0.1, 0.15) is 11.1 Å². The van der Waals surface area contributed by atoms with Gasteiger partial charge in [-0.15, -0.1) is 0 Å². The molecule has 190 valence electrons. The number of aliphatic hydroxyl groups is 1. The fourth-order valence-electron chi connectivity index (χ4n) is 4.50. The Labute approximate surface area is 216 Å². The molecule has 1 atom stereocenters. The third-order valence-corrected chi connectivity index (χ3v) is 6.54. The summed E-state index contributed by atoms with van der Waals surface area (Å²) in [4.78, 5) is 9.10. The van der Waals surface area contributed by atoms with Crippen molar-refractivity contribution in [3.63, 3.8) is 0 Å². The summed E-state index contributed by atoms with van der Waals surface area (Å²) in [6, 6.07) is 16.1. The Kier molecular flexibility index (Phi) is 6.82. The van der Waals surface area contributed by atoms with Crippen molar-refractivity contribution in [2.45, 2.75) is 18.7 Å². The Balaban J connectivity index is 1.58. The average Bonchev–Trinajstić information content (AvgIpc) is 3.53. The molecule has 2 aromatic heterocycles.